The molecule has 3 heteroatoms. The van der Waals surface area contributed by atoms with Crippen LogP contribution in [0.5, 0.6) is 0 Å². The number of nitrogens with one attached hydrogen (secondary N) is 1. The number of carbonyl (C=O) groups is 1. The van der Waals surface area contributed by atoms with Crippen molar-refractivity contribution < 1.29 is 4.79 Å². The molecule has 94 valence electrons. The smallest absolute Gasteiger partial charge is 0.223 e. The van der Waals surface area contributed by atoms with E-state index in [9.17, 15) is 4.79 Å². The molecule has 0 bridgehead atoms. The number of amides is 1. The van der Waals surface area contributed by atoms with Gasteiger partial charge in [0.25, 0.3) is 0 Å². The van der Waals surface area contributed by atoms with E-state index in [-0.39, 0.29) is 11.8 Å². The van der Waals surface area contributed by atoms with Crippen LogP contribution < -0.4 is 5.32 Å². The largest absolute Gasteiger partial charge is 0.356 e. The van der Waals surface area contributed by atoms with Crippen molar-refractivity contribution in [3.63, 3.8) is 0 Å². The van der Waals surface area contributed by atoms with Gasteiger partial charge < -0.3 is 10.2 Å². The van der Waals surface area contributed by atoms with Crippen LogP contribution in [0.2, 0.25) is 0 Å². The van der Waals surface area contributed by atoms with Crippen molar-refractivity contribution in [1.82, 2.24) is 10.2 Å². The van der Waals surface area contributed by atoms with Crippen molar-refractivity contribution in [2.45, 2.75) is 46.1 Å². The summed E-state index contributed by atoms with van der Waals surface area (Å²) in [6.07, 6.45) is 3.68. The lowest BCUT2D eigenvalue weighted by molar-refractivity contribution is -0.125. The van der Waals surface area contributed by atoms with Crippen LogP contribution in [0.15, 0.2) is 0 Å². The van der Waals surface area contributed by atoms with Gasteiger partial charge in [-0.1, -0.05) is 20.8 Å². The average molecular weight is 226 g/mol. The summed E-state index contributed by atoms with van der Waals surface area (Å²) in [4.78, 5) is 14.1. The Kier molecular flexibility index (Phi) is 5.26. The summed E-state index contributed by atoms with van der Waals surface area (Å²) in [5.74, 6) is 0.756. The lowest BCUT2D eigenvalue weighted by atomic mass is 9.97. The van der Waals surface area contributed by atoms with Crippen LogP contribution in [0, 0.1) is 11.8 Å². The number of carbonyl (C=O) groups excluding carboxylic acids is 1. The van der Waals surface area contributed by atoms with E-state index >= 15 is 0 Å². The van der Waals surface area contributed by atoms with Gasteiger partial charge in [0.2, 0.25) is 5.91 Å². The van der Waals surface area contributed by atoms with Crippen molar-refractivity contribution in [3.8, 4) is 0 Å². The maximum Gasteiger partial charge on any atom is 0.223 e. The topological polar surface area (TPSA) is 32.3 Å². The first-order valence-corrected chi connectivity index (χ1v) is 6.50. The fourth-order valence-corrected chi connectivity index (χ4v) is 2.17. The molecule has 2 atom stereocenters. The molecule has 3 nitrogen and oxygen atoms in total. The molecule has 0 saturated carbocycles. The van der Waals surface area contributed by atoms with Gasteiger partial charge in [-0.05, 0) is 38.8 Å². The molecule has 1 heterocycles. The highest BCUT2D eigenvalue weighted by Crippen LogP contribution is 2.17. The fraction of sp³-hybridized carbons (Fsp3) is 0.923. The van der Waals surface area contributed by atoms with Crippen molar-refractivity contribution in [2.75, 3.05) is 20.1 Å². The summed E-state index contributed by atoms with van der Waals surface area (Å²) in [6, 6.07) is 0.676. The lowest BCUT2D eigenvalue weighted by Crippen LogP contribution is -2.35. The average Bonchev–Trinajstić information content (AvgIpc) is 2.63. The van der Waals surface area contributed by atoms with Crippen LogP contribution in [0.1, 0.15) is 40.0 Å². The first-order chi connectivity index (χ1) is 7.52. The second kappa shape index (κ2) is 6.24. The van der Waals surface area contributed by atoms with Crippen LogP contribution in [-0.2, 0) is 4.79 Å². The van der Waals surface area contributed by atoms with E-state index < -0.39 is 0 Å². The Morgan fingerprint density at radius 3 is 2.62 bits per heavy atom. The number of hydrogen-bond acceptors (Lipinski definition) is 2. The SMILES string of the molecule is CC(C)[C@H](C)C(=O)NCCC1CCCN1C. The molecule has 1 unspecified atom stereocenters. The second-order valence-electron chi connectivity index (χ2n) is 5.39. The van der Waals surface area contributed by atoms with E-state index in [0.717, 1.165) is 13.0 Å². The monoisotopic (exact) mass is 226 g/mol. The minimum absolute atomic E-state index is 0.126. The van der Waals surface area contributed by atoms with E-state index in [1.165, 1.54) is 19.4 Å². The number of nitrogens with zero attached hydrogens (tertiary/aromatic N) is 1. The van der Waals surface area contributed by atoms with Gasteiger partial charge in [-0.25, -0.2) is 0 Å². The summed E-state index contributed by atoms with van der Waals surface area (Å²) in [7, 11) is 2.18. The third kappa shape index (κ3) is 3.78. The quantitative estimate of drug-likeness (QED) is 0.776. The zero-order valence-corrected chi connectivity index (χ0v) is 11.1. The molecule has 0 aliphatic carbocycles. The van der Waals surface area contributed by atoms with Gasteiger partial charge in [-0.3, -0.25) is 4.79 Å². The van der Waals surface area contributed by atoms with E-state index in [4.69, 9.17) is 0 Å². The van der Waals surface area contributed by atoms with Crippen molar-refractivity contribution >= 4 is 5.91 Å². The zero-order chi connectivity index (χ0) is 12.1. The van der Waals surface area contributed by atoms with Gasteiger partial charge in [0.05, 0.1) is 0 Å². The summed E-state index contributed by atoms with van der Waals surface area (Å²) >= 11 is 0. The van der Waals surface area contributed by atoms with E-state index in [0.29, 0.717) is 12.0 Å². The highest BCUT2D eigenvalue weighted by molar-refractivity contribution is 5.78. The van der Waals surface area contributed by atoms with Crippen molar-refractivity contribution in [3.05, 3.63) is 0 Å². The third-order valence-electron chi connectivity index (χ3n) is 3.86. The molecular formula is C13H26N2O. The normalized spacial score (nSPS) is 23.7. The Bertz CT molecular complexity index is 228. The van der Waals surface area contributed by atoms with Gasteiger partial charge in [0, 0.05) is 18.5 Å². The Balaban J connectivity index is 2.17. The van der Waals surface area contributed by atoms with E-state index in [1.807, 2.05) is 6.92 Å². The third-order valence-corrected chi connectivity index (χ3v) is 3.86. The highest BCUT2D eigenvalue weighted by atomic mass is 16.1. The van der Waals surface area contributed by atoms with E-state index in [2.05, 4.69) is 31.1 Å². The molecular weight excluding hydrogens is 200 g/mol. The van der Waals surface area contributed by atoms with Crippen LogP contribution in [0.4, 0.5) is 0 Å². The van der Waals surface area contributed by atoms with Gasteiger partial charge >= 0.3 is 0 Å². The molecule has 0 aromatic carbocycles. The minimum Gasteiger partial charge on any atom is -0.356 e. The Labute approximate surface area is 99.6 Å². The Morgan fingerprint density at radius 1 is 1.44 bits per heavy atom. The molecule has 1 fully saturated rings. The predicted molar refractivity (Wildman–Crippen MR) is 67.3 cm³/mol. The van der Waals surface area contributed by atoms with Crippen molar-refractivity contribution in [2.24, 2.45) is 11.8 Å². The molecule has 0 spiro atoms. The molecule has 0 aromatic heterocycles. The number of hydrogen-bond donors (Lipinski definition) is 1. The number of rotatable bonds is 5. The van der Waals surface area contributed by atoms with Gasteiger partial charge in [0.15, 0.2) is 0 Å². The maximum absolute atomic E-state index is 11.7. The molecule has 0 aromatic rings. The molecule has 1 amide bonds. The summed E-state index contributed by atoms with van der Waals surface area (Å²) in [6.45, 7) is 8.22. The molecule has 1 N–H and O–H groups in total. The number of likely N-dealkylation sites (tertiary alicyclic amines) is 1. The van der Waals surface area contributed by atoms with Crippen molar-refractivity contribution in [1.29, 1.82) is 0 Å². The molecule has 1 aliphatic rings. The van der Waals surface area contributed by atoms with E-state index in [1.54, 1.807) is 0 Å². The lowest BCUT2D eigenvalue weighted by Gasteiger charge is -2.20. The highest BCUT2D eigenvalue weighted by Gasteiger charge is 2.21. The summed E-state index contributed by atoms with van der Waals surface area (Å²) in [5, 5.41) is 3.05. The van der Waals surface area contributed by atoms with Gasteiger partial charge in [0.1, 0.15) is 0 Å². The minimum atomic E-state index is 0.126. The second-order valence-corrected chi connectivity index (χ2v) is 5.39. The molecule has 16 heavy (non-hydrogen) atoms. The predicted octanol–water partition coefficient (Wildman–Crippen LogP) is 1.88. The molecule has 0 radical (unpaired) electrons. The Morgan fingerprint density at radius 2 is 2.12 bits per heavy atom. The summed E-state index contributed by atoms with van der Waals surface area (Å²) < 4.78 is 0. The Hall–Kier alpha value is -0.570. The maximum atomic E-state index is 11.7. The zero-order valence-electron chi connectivity index (χ0n) is 11.1. The van der Waals surface area contributed by atoms with Crippen LogP contribution in [-0.4, -0.2) is 37.0 Å². The van der Waals surface area contributed by atoms with Crippen LogP contribution in [0.25, 0.3) is 0 Å². The summed E-state index contributed by atoms with van der Waals surface area (Å²) in [5.41, 5.74) is 0. The molecule has 1 saturated heterocycles. The first-order valence-electron chi connectivity index (χ1n) is 6.50. The molecule has 1 rings (SSSR count). The van der Waals surface area contributed by atoms with Crippen LogP contribution >= 0.6 is 0 Å². The standard InChI is InChI=1S/C13H26N2O/c1-10(2)11(3)13(16)14-8-7-12-6-5-9-15(12)4/h10-12H,5-9H2,1-4H3,(H,14,16)/t11-,12?/m0/s1. The van der Waals surface area contributed by atoms with Gasteiger partial charge in [-0.2, -0.15) is 0 Å². The van der Waals surface area contributed by atoms with Gasteiger partial charge in [-0.15, -0.1) is 0 Å². The first kappa shape index (κ1) is 13.5. The molecule has 1 aliphatic heterocycles. The van der Waals surface area contributed by atoms with Crippen LogP contribution in [0.3, 0.4) is 0 Å². The fourth-order valence-electron chi connectivity index (χ4n) is 2.17.